The lowest BCUT2D eigenvalue weighted by atomic mass is 9.70. The van der Waals surface area contributed by atoms with E-state index in [-0.39, 0.29) is 5.41 Å². The highest BCUT2D eigenvalue weighted by Crippen LogP contribution is 2.61. The van der Waals surface area contributed by atoms with E-state index in [1.54, 1.807) is 0 Å². The summed E-state index contributed by atoms with van der Waals surface area (Å²) >= 11 is 0. The minimum absolute atomic E-state index is 0.164. The van der Waals surface area contributed by atoms with Crippen molar-refractivity contribution in [1.82, 2.24) is 0 Å². The van der Waals surface area contributed by atoms with Gasteiger partial charge >= 0.3 is 0 Å². The van der Waals surface area contributed by atoms with Gasteiger partial charge in [-0.05, 0) is 65.3 Å². The zero-order valence-electron chi connectivity index (χ0n) is 15.7. The number of hydrogen-bond acceptors (Lipinski definition) is 0. The van der Waals surface area contributed by atoms with Crippen molar-refractivity contribution < 1.29 is 0 Å². The predicted octanol–water partition coefficient (Wildman–Crippen LogP) is 6.92. The Hall–Kier alpha value is -2.86. The van der Waals surface area contributed by atoms with Gasteiger partial charge in [-0.2, -0.15) is 0 Å². The lowest BCUT2D eigenvalue weighted by molar-refractivity contribution is 0.740. The summed E-state index contributed by atoms with van der Waals surface area (Å²) in [7, 11) is 0. The van der Waals surface area contributed by atoms with Crippen LogP contribution in [0.15, 0.2) is 108 Å². The molecule has 128 valence electrons. The molecule has 4 rings (SSSR count). The normalized spacial score (nSPS) is 17.7. The molecule has 0 radical (unpaired) electrons. The van der Waals surface area contributed by atoms with E-state index in [9.17, 15) is 0 Å². The zero-order valence-corrected chi connectivity index (χ0v) is 15.7. The average Bonchev–Trinajstić information content (AvgIpc) is 3.08. The minimum Gasteiger partial charge on any atom is -0.0991 e. The molecule has 0 amide bonds. The van der Waals surface area contributed by atoms with Crippen molar-refractivity contribution in [2.24, 2.45) is 0 Å². The van der Waals surface area contributed by atoms with E-state index in [4.69, 9.17) is 0 Å². The molecular formula is C26H24. The highest BCUT2D eigenvalue weighted by molar-refractivity contribution is 5.88. The third kappa shape index (κ3) is 1.96. The van der Waals surface area contributed by atoms with Gasteiger partial charge in [-0.25, -0.2) is 0 Å². The standard InChI is InChI=1S/C26H24/c1-5-7-13-21-19(4)26(18(3)20(21)12-6-2)24-16-10-8-14-22(24)23-15-9-11-17-25(23)26/h5-17H,1H2,2-4H3/b12-6-,13-7-. The van der Waals surface area contributed by atoms with E-state index >= 15 is 0 Å². The number of benzene rings is 2. The maximum Gasteiger partial charge on any atom is 0.0645 e. The SMILES string of the molecule is C=C/C=C\C1=C(C)C2(C(C)=C1/C=C\C)c1ccccc1-c1ccccc12. The van der Waals surface area contributed by atoms with Crippen molar-refractivity contribution in [1.29, 1.82) is 0 Å². The van der Waals surface area contributed by atoms with Gasteiger partial charge in [0, 0.05) is 0 Å². The molecule has 0 heterocycles. The first-order chi connectivity index (χ1) is 12.7. The van der Waals surface area contributed by atoms with Gasteiger partial charge in [-0.3, -0.25) is 0 Å². The van der Waals surface area contributed by atoms with Crippen LogP contribution in [0.3, 0.4) is 0 Å². The Morgan fingerprint density at radius 2 is 1.27 bits per heavy atom. The number of hydrogen-bond donors (Lipinski definition) is 0. The second-order valence-corrected chi connectivity index (χ2v) is 7.01. The van der Waals surface area contributed by atoms with Crippen LogP contribution in [0, 0.1) is 0 Å². The van der Waals surface area contributed by atoms with E-state index in [1.165, 1.54) is 44.5 Å². The molecule has 0 unspecified atom stereocenters. The molecule has 26 heavy (non-hydrogen) atoms. The van der Waals surface area contributed by atoms with Gasteiger partial charge in [0.15, 0.2) is 0 Å². The Bertz CT molecular complexity index is 976. The van der Waals surface area contributed by atoms with Gasteiger partial charge in [0.2, 0.25) is 0 Å². The summed E-state index contributed by atoms with van der Waals surface area (Å²) in [6.45, 7) is 10.5. The van der Waals surface area contributed by atoms with Crippen LogP contribution in [0.4, 0.5) is 0 Å². The first-order valence-corrected chi connectivity index (χ1v) is 9.22. The van der Waals surface area contributed by atoms with Crippen molar-refractivity contribution in [2.75, 3.05) is 0 Å². The summed E-state index contributed by atoms with van der Waals surface area (Å²) in [6, 6.07) is 17.7. The molecule has 0 bridgehead atoms. The van der Waals surface area contributed by atoms with Gasteiger partial charge in [0.1, 0.15) is 0 Å². The van der Waals surface area contributed by atoms with Crippen LogP contribution in [0.5, 0.6) is 0 Å². The molecule has 0 aliphatic heterocycles. The monoisotopic (exact) mass is 336 g/mol. The van der Waals surface area contributed by atoms with Gasteiger partial charge < -0.3 is 0 Å². The molecule has 0 heteroatoms. The first kappa shape index (κ1) is 16.6. The Labute approximate surface area is 156 Å². The Morgan fingerprint density at radius 3 is 1.77 bits per heavy atom. The topological polar surface area (TPSA) is 0 Å². The third-order valence-electron chi connectivity index (χ3n) is 5.91. The van der Waals surface area contributed by atoms with Crippen molar-refractivity contribution >= 4 is 0 Å². The van der Waals surface area contributed by atoms with Gasteiger partial charge in [0.25, 0.3) is 0 Å². The Morgan fingerprint density at radius 1 is 0.769 bits per heavy atom. The van der Waals surface area contributed by atoms with E-state index in [1.807, 2.05) is 12.2 Å². The maximum atomic E-state index is 3.85. The highest BCUT2D eigenvalue weighted by atomic mass is 14.5. The molecule has 2 aliphatic carbocycles. The van der Waals surface area contributed by atoms with Crippen LogP contribution in [0.1, 0.15) is 31.9 Å². The average molecular weight is 336 g/mol. The second kappa shape index (κ2) is 6.14. The van der Waals surface area contributed by atoms with Gasteiger partial charge in [-0.15, -0.1) is 0 Å². The molecule has 0 atom stereocenters. The molecule has 0 saturated heterocycles. The summed E-state index contributed by atoms with van der Waals surface area (Å²) in [5, 5.41) is 0. The molecule has 2 aromatic carbocycles. The summed E-state index contributed by atoms with van der Waals surface area (Å²) in [5.41, 5.74) is 10.8. The third-order valence-corrected chi connectivity index (χ3v) is 5.91. The van der Waals surface area contributed by atoms with Crippen molar-refractivity contribution in [2.45, 2.75) is 26.2 Å². The fourth-order valence-electron chi connectivity index (χ4n) is 4.89. The molecule has 0 N–H and O–H groups in total. The van der Waals surface area contributed by atoms with Gasteiger partial charge in [0.05, 0.1) is 5.41 Å². The first-order valence-electron chi connectivity index (χ1n) is 9.22. The molecular weight excluding hydrogens is 312 g/mol. The van der Waals surface area contributed by atoms with E-state index in [0.29, 0.717) is 0 Å². The molecule has 0 fully saturated rings. The number of allylic oxidation sites excluding steroid dienone is 9. The fourth-order valence-corrected chi connectivity index (χ4v) is 4.89. The van der Waals surface area contributed by atoms with Crippen molar-refractivity contribution in [3.05, 3.63) is 119 Å². The number of rotatable bonds is 3. The highest BCUT2D eigenvalue weighted by Gasteiger charge is 2.50. The summed E-state index contributed by atoms with van der Waals surface area (Å²) in [4.78, 5) is 0. The predicted molar refractivity (Wildman–Crippen MR) is 112 cm³/mol. The summed E-state index contributed by atoms with van der Waals surface area (Å²) < 4.78 is 0. The van der Waals surface area contributed by atoms with Crippen LogP contribution in [-0.2, 0) is 5.41 Å². The van der Waals surface area contributed by atoms with E-state index < -0.39 is 0 Å². The lowest BCUT2D eigenvalue weighted by Gasteiger charge is -2.32. The molecule has 2 aromatic rings. The molecule has 0 saturated carbocycles. The fraction of sp³-hybridized carbons (Fsp3) is 0.154. The molecule has 0 aromatic heterocycles. The van der Waals surface area contributed by atoms with Crippen LogP contribution in [0.2, 0.25) is 0 Å². The quantitative estimate of drug-likeness (QED) is 0.534. The lowest BCUT2D eigenvalue weighted by Crippen LogP contribution is -2.26. The summed E-state index contributed by atoms with van der Waals surface area (Å²) in [5.74, 6) is 0. The minimum atomic E-state index is -0.164. The van der Waals surface area contributed by atoms with Crippen LogP contribution in [-0.4, -0.2) is 0 Å². The number of fused-ring (bicyclic) bond motifs is 5. The Balaban J connectivity index is 2.15. The molecule has 2 aliphatic rings. The van der Waals surface area contributed by atoms with Crippen LogP contribution >= 0.6 is 0 Å². The van der Waals surface area contributed by atoms with Crippen LogP contribution < -0.4 is 0 Å². The van der Waals surface area contributed by atoms with Crippen molar-refractivity contribution in [3.8, 4) is 11.1 Å². The molecule has 1 spiro atoms. The van der Waals surface area contributed by atoms with E-state index in [2.05, 4.69) is 94.1 Å². The zero-order chi connectivity index (χ0) is 18.3. The maximum absolute atomic E-state index is 3.85. The van der Waals surface area contributed by atoms with Gasteiger partial charge in [-0.1, -0.05) is 85.5 Å². The van der Waals surface area contributed by atoms with Crippen molar-refractivity contribution in [3.63, 3.8) is 0 Å². The largest absolute Gasteiger partial charge is 0.0991 e. The van der Waals surface area contributed by atoms with Crippen LogP contribution in [0.25, 0.3) is 11.1 Å². The second-order valence-electron chi connectivity index (χ2n) is 7.01. The summed E-state index contributed by atoms with van der Waals surface area (Å²) in [6.07, 6.45) is 10.5. The Kier molecular flexibility index (Phi) is 3.92. The smallest absolute Gasteiger partial charge is 0.0645 e. The van der Waals surface area contributed by atoms with E-state index in [0.717, 1.165) is 0 Å². The molecule has 0 nitrogen and oxygen atoms in total.